The van der Waals surface area contributed by atoms with Crippen molar-refractivity contribution in [1.29, 1.82) is 0 Å². The number of likely N-dealkylation sites (tertiary alicyclic amines) is 1. The molecule has 2 atom stereocenters. The van der Waals surface area contributed by atoms with Crippen molar-refractivity contribution in [1.82, 2.24) is 10.2 Å². The van der Waals surface area contributed by atoms with Crippen LogP contribution in [0.5, 0.6) is 11.5 Å². The number of morpholine rings is 1. The highest BCUT2D eigenvalue weighted by molar-refractivity contribution is 5.78. The Morgan fingerprint density at radius 2 is 2.00 bits per heavy atom. The van der Waals surface area contributed by atoms with Crippen LogP contribution in [0.2, 0.25) is 0 Å². The van der Waals surface area contributed by atoms with E-state index in [-0.39, 0.29) is 30.3 Å². The SMILES string of the molecule is CCC1NC(=O)COC12CCN(CCC1COc3ccccc3O1)CC2. The molecular weight excluding hydrogens is 332 g/mol. The van der Waals surface area contributed by atoms with Crippen molar-refractivity contribution in [2.45, 2.75) is 50.4 Å². The monoisotopic (exact) mass is 360 g/mol. The average Bonchev–Trinajstić information content (AvgIpc) is 2.69. The van der Waals surface area contributed by atoms with Gasteiger partial charge >= 0.3 is 0 Å². The van der Waals surface area contributed by atoms with E-state index in [9.17, 15) is 4.79 Å². The summed E-state index contributed by atoms with van der Waals surface area (Å²) in [6, 6.07) is 7.99. The third-order valence-corrected chi connectivity index (χ3v) is 5.91. The molecule has 6 nitrogen and oxygen atoms in total. The lowest BCUT2D eigenvalue weighted by molar-refractivity contribution is -0.161. The van der Waals surface area contributed by atoms with E-state index in [1.807, 2.05) is 24.3 Å². The van der Waals surface area contributed by atoms with Gasteiger partial charge in [-0.25, -0.2) is 0 Å². The van der Waals surface area contributed by atoms with E-state index in [1.165, 1.54) is 0 Å². The Morgan fingerprint density at radius 1 is 1.23 bits per heavy atom. The Balaban J connectivity index is 1.26. The van der Waals surface area contributed by atoms with Gasteiger partial charge in [0.25, 0.3) is 0 Å². The van der Waals surface area contributed by atoms with Crippen LogP contribution in [-0.2, 0) is 9.53 Å². The van der Waals surface area contributed by atoms with Gasteiger partial charge in [0, 0.05) is 26.1 Å². The van der Waals surface area contributed by atoms with Crippen molar-refractivity contribution < 1.29 is 19.0 Å². The number of para-hydroxylation sites is 2. The summed E-state index contributed by atoms with van der Waals surface area (Å²) in [5, 5.41) is 3.12. The molecule has 3 aliphatic rings. The number of rotatable bonds is 4. The zero-order valence-electron chi connectivity index (χ0n) is 15.4. The Kier molecular flexibility index (Phi) is 5.05. The van der Waals surface area contributed by atoms with Gasteiger partial charge in [-0.05, 0) is 31.4 Å². The van der Waals surface area contributed by atoms with Crippen LogP contribution < -0.4 is 14.8 Å². The summed E-state index contributed by atoms with van der Waals surface area (Å²) in [4.78, 5) is 14.1. The lowest BCUT2D eigenvalue weighted by Crippen LogP contribution is -2.63. The lowest BCUT2D eigenvalue weighted by Gasteiger charge is -2.48. The molecule has 1 amide bonds. The molecule has 3 heterocycles. The smallest absolute Gasteiger partial charge is 0.246 e. The minimum Gasteiger partial charge on any atom is -0.486 e. The second kappa shape index (κ2) is 7.45. The summed E-state index contributed by atoms with van der Waals surface area (Å²) in [5.74, 6) is 1.70. The van der Waals surface area contributed by atoms with Gasteiger partial charge in [-0.15, -0.1) is 0 Å². The largest absolute Gasteiger partial charge is 0.486 e. The van der Waals surface area contributed by atoms with Crippen molar-refractivity contribution >= 4 is 5.91 Å². The number of ether oxygens (including phenoxy) is 3. The molecule has 1 aromatic rings. The fourth-order valence-electron chi connectivity index (χ4n) is 4.33. The predicted octanol–water partition coefficient (Wildman–Crippen LogP) is 1.98. The van der Waals surface area contributed by atoms with Gasteiger partial charge in [-0.1, -0.05) is 19.1 Å². The van der Waals surface area contributed by atoms with Crippen LogP contribution in [0, 0.1) is 0 Å². The molecule has 26 heavy (non-hydrogen) atoms. The Labute approximate surface area is 154 Å². The number of nitrogens with zero attached hydrogens (tertiary/aromatic N) is 1. The molecule has 0 aromatic heterocycles. The number of hydrogen-bond acceptors (Lipinski definition) is 5. The number of nitrogens with one attached hydrogen (secondary N) is 1. The molecule has 0 aliphatic carbocycles. The fourth-order valence-corrected chi connectivity index (χ4v) is 4.33. The number of piperidine rings is 1. The Hall–Kier alpha value is -1.79. The first kappa shape index (κ1) is 17.6. The molecule has 1 spiro atoms. The molecule has 1 aromatic carbocycles. The van der Waals surface area contributed by atoms with Gasteiger partial charge in [0.05, 0.1) is 11.6 Å². The normalized spacial score (nSPS) is 28.0. The van der Waals surface area contributed by atoms with E-state index in [2.05, 4.69) is 17.1 Å². The minimum absolute atomic E-state index is 0.0135. The maximum Gasteiger partial charge on any atom is 0.246 e. The van der Waals surface area contributed by atoms with Crippen molar-refractivity contribution in [2.24, 2.45) is 0 Å². The topological polar surface area (TPSA) is 60.0 Å². The molecule has 4 rings (SSSR count). The van der Waals surface area contributed by atoms with Crippen LogP contribution in [0.4, 0.5) is 0 Å². The molecule has 2 unspecified atom stereocenters. The molecule has 142 valence electrons. The van der Waals surface area contributed by atoms with E-state index >= 15 is 0 Å². The van der Waals surface area contributed by atoms with E-state index in [4.69, 9.17) is 14.2 Å². The molecule has 0 saturated carbocycles. The van der Waals surface area contributed by atoms with Crippen molar-refractivity contribution in [3.05, 3.63) is 24.3 Å². The van der Waals surface area contributed by atoms with Crippen LogP contribution in [0.25, 0.3) is 0 Å². The summed E-state index contributed by atoms with van der Waals surface area (Å²) in [5.41, 5.74) is -0.178. The summed E-state index contributed by atoms with van der Waals surface area (Å²) >= 11 is 0. The Morgan fingerprint density at radius 3 is 2.77 bits per heavy atom. The van der Waals surface area contributed by atoms with Crippen molar-refractivity contribution in [2.75, 3.05) is 32.8 Å². The molecule has 0 radical (unpaired) electrons. The number of fused-ring (bicyclic) bond motifs is 1. The molecule has 2 fully saturated rings. The zero-order chi connectivity index (χ0) is 18.0. The minimum atomic E-state index is -0.178. The summed E-state index contributed by atoms with van der Waals surface area (Å²) < 4.78 is 17.9. The third kappa shape index (κ3) is 3.53. The van der Waals surface area contributed by atoms with E-state index < -0.39 is 0 Å². The van der Waals surface area contributed by atoms with Gasteiger partial charge < -0.3 is 24.4 Å². The van der Waals surface area contributed by atoms with Gasteiger partial charge in [-0.2, -0.15) is 0 Å². The average molecular weight is 360 g/mol. The van der Waals surface area contributed by atoms with Crippen LogP contribution in [0.3, 0.4) is 0 Å². The van der Waals surface area contributed by atoms with E-state index in [0.717, 1.165) is 56.8 Å². The van der Waals surface area contributed by atoms with Crippen LogP contribution in [-0.4, -0.2) is 61.4 Å². The highest BCUT2D eigenvalue weighted by atomic mass is 16.6. The van der Waals surface area contributed by atoms with Crippen molar-refractivity contribution in [3.63, 3.8) is 0 Å². The molecule has 2 saturated heterocycles. The molecular formula is C20H28N2O4. The predicted molar refractivity (Wildman–Crippen MR) is 97.5 cm³/mol. The van der Waals surface area contributed by atoms with Gasteiger partial charge in [0.15, 0.2) is 11.5 Å². The van der Waals surface area contributed by atoms with Crippen LogP contribution >= 0.6 is 0 Å². The highest BCUT2D eigenvalue weighted by Crippen LogP contribution is 2.34. The zero-order valence-corrected chi connectivity index (χ0v) is 15.4. The second-order valence-corrected chi connectivity index (χ2v) is 7.51. The van der Waals surface area contributed by atoms with Crippen LogP contribution in [0.15, 0.2) is 24.3 Å². The molecule has 0 bridgehead atoms. The molecule has 3 aliphatic heterocycles. The lowest BCUT2D eigenvalue weighted by atomic mass is 9.81. The first-order chi connectivity index (χ1) is 12.7. The Bertz CT molecular complexity index is 642. The maximum atomic E-state index is 11.6. The van der Waals surface area contributed by atoms with Crippen LogP contribution in [0.1, 0.15) is 32.6 Å². The van der Waals surface area contributed by atoms with Crippen molar-refractivity contribution in [3.8, 4) is 11.5 Å². The number of benzene rings is 1. The quantitative estimate of drug-likeness (QED) is 0.890. The van der Waals surface area contributed by atoms with Gasteiger partial charge in [0.2, 0.25) is 5.91 Å². The van der Waals surface area contributed by atoms with Gasteiger partial charge in [-0.3, -0.25) is 4.79 Å². The second-order valence-electron chi connectivity index (χ2n) is 7.51. The fraction of sp³-hybridized carbons (Fsp3) is 0.650. The summed E-state index contributed by atoms with van der Waals surface area (Å²) in [6.07, 6.45) is 3.91. The molecule has 1 N–H and O–H groups in total. The molecule has 6 heteroatoms. The van der Waals surface area contributed by atoms with E-state index in [0.29, 0.717) is 6.61 Å². The maximum absolute atomic E-state index is 11.6. The first-order valence-electron chi connectivity index (χ1n) is 9.73. The number of carbonyl (C=O) groups is 1. The number of hydrogen-bond donors (Lipinski definition) is 1. The third-order valence-electron chi connectivity index (χ3n) is 5.91. The standard InChI is InChI=1S/C20H28N2O4/c1-2-18-20(25-14-19(23)21-18)8-11-22(12-9-20)10-7-15-13-24-16-5-3-4-6-17(16)26-15/h3-6,15,18H,2,7-14H2,1H3,(H,21,23). The number of amides is 1. The van der Waals surface area contributed by atoms with Gasteiger partial charge in [0.1, 0.15) is 19.3 Å². The van der Waals surface area contributed by atoms with E-state index in [1.54, 1.807) is 0 Å². The number of carbonyl (C=O) groups excluding carboxylic acids is 1. The summed E-state index contributed by atoms with van der Waals surface area (Å²) in [6.45, 7) is 5.92. The first-order valence-corrected chi connectivity index (χ1v) is 9.73. The summed E-state index contributed by atoms with van der Waals surface area (Å²) in [7, 11) is 0. The highest BCUT2D eigenvalue weighted by Gasteiger charge is 2.45.